The van der Waals surface area contributed by atoms with Crippen molar-refractivity contribution in [2.24, 2.45) is 17.8 Å². The molecule has 0 amide bonds. The van der Waals surface area contributed by atoms with E-state index in [1.54, 1.807) is 0 Å². The molecular formula is C88H172O17P2. The molecule has 0 rings (SSSR count). The van der Waals surface area contributed by atoms with Crippen molar-refractivity contribution in [3.05, 3.63) is 0 Å². The third-order valence-corrected chi connectivity index (χ3v) is 23.6. The van der Waals surface area contributed by atoms with Gasteiger partial charge in [-0.25, -0.2) is 9.13 Å². The third-order valence-electron chi connectivity index (χ3n) is 21.7. The van der Waals surface area contributed by atoms with Crippen molar-refractivity contribution in [3.63, 3.8) is 0 Å². The maximum atomic E-state index is 13.2. The molecule has 0 heterocycles. The zero-order valence-electron chi connectivity index (χ0n) is 70.6. The Hall–Kier alpha value is -1.94. The lowest BCUT2D eigenvalue weighted by molar-refractivity contribution is -0.161. The Balaban J connectivity index is 5.22. The molecule has 0 bridgehead atoms. The number of aliphatic hydroxyl groups is 1. The molecule has 5 unspecified atom stereocenters. The van der Waals surface area contributed by atoms with Gasteiger partial charge in [-0.05, 0) is 43.4 Å². The molecule has 0 radical (unpaired) electrons. The lowest BCUT2D eigenvalue weighted by Gasteiger charge is -2.21. The Morgan fingerprint density at radius 2 is 0.449 bits per heavy atom. The first-order valence-corrected chi connectivity index (χ1v) is 48.5. The molecule has 0 aliphatic rings. The molecule has 0 aliphatic carbocycles. The third kappa shape index (κ3) is 77.8. The highest BCUT2D eigenvalue weighted by molar-refractivity contribution is 7.47. The number of aliphatic hydroxyl groups excluding tert-OH is 1. The standard InChI is InChI=1S/C88H172O17P2/c1-8-12-13-14-15-16-17-18-19-20-21-22-23-27-30-33-36-39-48-55-62-69-85(90)98-75-83(104-87(92)71-64-57-50-40-37-34-31-28-25-24-26-29-32-35-38-45-52-59-66-79(5)9-2)77-102-106(94,95)100-73-82(89)74-101-107(96,97)103-78-84(105-88(93)72-65-58-51-44-42-47-54-61-68-81(7)11-4)76-99-86(91)70-63-56-49-43-41-46-53-60-67-80(6)10-3/h79-84,89H,8-78H2,1-7H3,(H,94,95)(H,96,97)/t79?,80?,81?,82-,83-,84-/m1/s1. The number of rotatable bonds is 86. The highest BCUT2D eigenvalue weighted by atomic mass is 31.2. The van der Waals surface area contributed by atoms with Gasteiger partial charge in [0.2, 0.25) is 0 Å². The summed E-state index contributed by atoms with van der Waals surface area (Å²) in [6.07, 6.45) is 69.5. The van der Waals surface area contributed by atoms with Crippen molar-refractivity contribution in [2.45, 2.75) is 484 Å². The van der Waals surface area contributed by atoms with Crippen molar-refractivity contribution >= 4 is 39.5 Å². The SMILES string of the molecule is CCCCCCCCCCCCCCCCCCCCCCCC(=O)OC[C@H](COP(=O)(O)OC[C@@H](O)COP(=O)(O)OC[C@@H](COC(=O)CCCCCCCCCCC(C)CC)OC(=O)CCCCCCCCCCC(C)CC)OC(=O)CCCCCCCCCCCCCCCCCCCCC(C)CC. The summed E-state index contributed by atoms with van der Waals surface area (Å²) in [5, 5.41) is 10.7. The van der Waals surface area contributed by atoms with Gasteiger partial charge >= 0.3 is 39.5 Å². The molecule has 0 aliphatic heterocycles. The molecule has 0 aromatic carbocycles. The highest BCUT2D eigenvalue weighted by Gasteiger charge is 2.31. The second-order valence-electron chi connectivity index (χ2n) is 32.4. The van der Waals surface area contributed by atoms with Gasteiger partial charge in [0.05, 0.1) is 26.4 Å². The Morgan fingerprint density at radius 1 is 0.262 bits per heavy atom. The van der Waals surface area contributed by atoms with Gasteiger partial charge < -0.3 is 33.8 Å². The molecule has 8 atom stereocenters. The Morgan fingerprint density at radius 3 is 0.664 bits per heavy atom. The molecule has 0 saturated carbocycles. The zero-order valence-corrected chi connectivity index (χ0v) is 72.4. The number of hydrogen-bond donors (Lipinski definition) is 3. The number of phosphoric ester groups is 2. The summed E-state index contributed by atoms with van der Waals surface area (Å²) >= 11 is 0. The van der Waals surface area contributed by atoms with Gasteiger partial charge in [0.1, 0.15) is 19.3 Å². The highest BCUT2D eigenvalue weighted by Crippen LogP contribution is 2.45. The molecule has 636 valence electrons. The molecule has 0 saturated heterocycles. The van der Waals surface area contributed by atoms with Crippen molar-refractivity contribution in [2.75, 3.05) is 39.6 Å². The van der Waals surface area contributed by atoms with Crippen LogP contribution in [0, 0.1) is 17.8 Å². The van der Waals surface area contributed by atoms with E-state index in [9.17, 15) is 43.2 Å². The van der Waals surface area contributed by atoms with Crippen LogP contribution in [0.25, 0.3) is 0 Å². The van der Waals surface area contributed by atoms with Crippen molar-refractivity contribution in [1.82, 2.24) is 0 Å². The fourth-order valence-electron chi connectivity index (χ4n) is 13.6. The molecule has 17 nitrogen and oxygen atoms in total. The second kappa shape index (κ2) is 78.0. The van der Waals surface area contributed by atoms with Gasteiger partial charge in [-0.1, -0.05) is 414 Å². The van der Waals surface area contributed by atoms with E-state index in [0.717, 1.165) is 108 Å². The van der Waals surface area contributed by atoms with E-state index in [-0.39, 0.29) is 25.7 Å². The zero-order chi connectivity index (χ0) is 78.6. The van der Waals surface area contributed by atoms with Crippen LogP contribution in [0.4, 0.5) is 0 Å². The number of esters is 4. The van der Waals surface area contributed by atoms with Crippen molar-refractivity contribution < 1.29 is 80.2 Å². The summed E-state index contributed by atoms with van der Waals surface area (Å²) in [5.41, 5.74) is 0. The van der Waals surface area contributed by atoms with Crippen LogP contribution >= 0.6 is 15.6 Å². The van der Waals surface area contributed by atoms with Crippen LogP contribution in [0.5, 0.6) is 0 Å². The second-order valence-corrected chi connectivity index (χ2v) is 35.3. The van der Waals surface area contributed by atoms with Crippen LogP contribution in [0.2, 0.25) is 0 Å². The largest absolute Gasteiger partial charge is 0.472 e. The fourth-order valence-corrected chi connectivity index (χ4v) is 15.2. The topological polar surface area (TPSA) is 237 Å². The van der Waals surface area contributed by atoms with Gasteiger partial charge in [-0.15, -0.1) is 0 Å². The predicted molar refractivity (Wildman–Crippen MR) is 441 cm³/mol. The summed E-state index contributed by atoms with van der Waals surface area (Å²) in [6, 6.07) is 0. The fraction of sp³-hybridized carbons (Fsp3) is 0.955. The summed E-state index contributed by atoms with van der Waals surface area (Å²) in [5.74, 6) is 0.312. The Kier molecular flexibility index (Phi) is 76.6. The van der Waals surface area contributed by atoms with Crippen LogP contribution in [-0.4, -0.2) is 96.7 Å². The van der Waals surface area contributed by atoms with Crippen molar-refractivity contribution in [3.8, 4) is 0 Å². The summed E-state index contributed by atoms with van der Waals surface area (Å²) in [6.45, 7) is 12.0. The quantitative estimate of drug-likeness (QED) is 0.0222. The number of hydrogen-bond acceptors (Lipinski definition) is 15. The average Bonchev–Trinajstić information content (AvgIpc) is 0.901. The summed E-state index contributed by atoms with van der Waals surface area (Å²) in [4.78, 5) is 73.3. The molecule has 0 fully saturated rings. The first-order chi connectivity index (χ1) is 51.8. The van der Waals surface area contributed by atoms with Gasteiger partial charge in [0, 0.05) is 25.7 Å². The summed E-state index contributed by atoms with van der Waals surface area (Å²) in [7, 11) is -9.93. The number of ether oxygens (including phenoxy) is 4. The molecule has 3 N–H and O–H groups in total. The molecule has 0 spiro atoms. The van der Waals surface area contributed by atoms with E-state index in [2.05, 4.69) is 48.5 Å². The molecular weight excluding hydrogens is 1390 g/mol. The minimum absolute atomic E-state index is 0.105. The van der Waals surface area contributed by atoms with E-state index >= 15 is 0 Å². The smallest absolute Gasteiger partial charge is 0.462 e. The molecule has 107 heavy (non-hydrogen) atoms. The molecule has 0 aromatic rings. The van der Waals surface area contributed by atoms with E-state index in [1.807, 2.05) is 0 Å². The van der Waals surface area contributed by atoms with E-state index < -0.39 is 97.5 Å². The van der Waals surface area contributed by atoms with E-state index in [1.165, 1.54) is 276 Å². The summed E-state index contributed by atoms with van der Waals surface area (Å²) < 4.78 is 68.9. The van der Waals surface area contributed by atoms with Crippen molar-refractivity contribution in [1.29, 1.82) is 0 Å². The van der Waals surface area contributed by atoms with E-state index in [0.29, 0.717) is 25.7 Å². The number of phosphoric acid groups is 2. The average molecular weight is 1560 g/mol. The maximum Gasteiger partial charge on any atom is 0.472 e. The predicted octanol–water partition coefficient (Wildman–Crippen LogP) is 26.9. The molecule has 19 heteroatoms. The lowest BCUT2D eigenvalue weighted by Crippen LogP contribution is -2.30. The van der Waals surface area contributed by atoms with Crippen LogP contribution in [-0.2, 0) is 65.4 Å². The first kappa shape index (κ1) is 105. The monoisotopic (exact) mass is 1560 g/mol. The van der Waals surface area contributed by atoms with Gasteiger partial charge in [0.25, 0.3) is 0 Å². The lowest BCUT2D eigenvalue weighted by atomic mass is 9.99. The van der Waals surface area contributed by atoms with Crippen LogP contribution in [0.15, 0.2) is 0 Å². The molecule has 0 aromatic heterocycles. The van der Waals surface area contributed by atoms with Gasteiger partial charge in [-0.2, -0.15) is 0 Å². The Bertz CT molecular complexity index is 2070. The number of unbranched alkanes of at least 4 members (excludes halogenated alkanes) is 51. The Labute approximate surface area is 658 Å². The number of carbonyl (C=O) groups excluding carboxylic acids is 4. The van der Waals surface area contributed by atoms with Crippen LogP contribution in [0.1, 0.15) is 466 Å². The van der Waals surface area contributed by atoms with Crippen LogP contribution in [0.3, 0.4) is 0 Å². The normalized spacial score (nSPS) is 14.6. The number of carbonyl (C=O) groups is 4. The minimum Gasteiger partial charge on any atom is -0.462 e. The van der Waals surface area contributed by atoms with Gasteiger partial charge in [0.15, 0.2) is 12.2 Å². The van der Waals surface area contributed by atoms with Gasteiger partial charge in [-0.3, -0.25) is 37.3 Å². The van der Waals surface area contributed by atoms with Crippen LogP contribution < -0.4 is 0 Å². The van der Waals surface area contributed by atoms with E-state index in [4.69, 9.17) is 37.0 Å². The minimum atomic E-state index is -4.97. The maximum absolute atomic E-state index is 13.2. The first-order valence-electron chi connectivity index (χ1n) is 45.5.